The van der Waals surface area contributed by atoms with Crippen molar-refractivity contribution < 1.29 is 17.5 Å². The summed E-state index contributed by atoms with van der Waals surface area (Å²) in [6, 6.07) is 10.3. The van der Waals surface area contributed by atoms with Crippen molar-refractivity contribution in [3.8, 4) is 11.5 Å². The van der Waals surface area contributed by atoms with Crippen LogP contribution in [0.5, 0.6) is 11.5 Å². The SMILES string of the molecule is NCCc1ccc(Oc2ccc(S(N)(=O)=O)cc2F)cc1. The maximum atomic E-state index is 13.8. The Hall–Kier alpha value is -1.96. The van der Waals surface area contributed by atoms with Crippen molar-refractivity contribution in [1.29, 1.82) is 0 Å². The summed E-state index contributed by atoms with van der Waals surface area (Å²) in [6.45, 7) is 0.545. The van der Waals surface area contributed by atoms with Crippen LogP contribution < -0.4 is 15.6 Å². The zero-order valence-electron chi connectivity index (χ0n) is 11.1. The highest BCUT2D eigenvalue weighted by molar-refractivity contribution is 7.89. The van der Waals surface area contributed by atoms with E-state index in [1.165, 1.54) is 12.1 Å². The third-order valence-electron chi connectivity index (χ3n) is 2.82. The monoisotopic (exact) mass is 310 g/mol. The minimum Gasteiger partial charge on any atom is -0.454 e. The van der Waals surface area contributed by atoms with E-state index in [1.807, 2.05) is 12.1 Å². The second-order valence-electron chi connectivity index (χ2n) is 4.42. The molecule has 0 spiro atoms. The number of hydrogen-bond acceptors (Lipinski definition) is 4. The summed E-state index contributed by atoms with van der Waals surface area (Å²) < 4.78 is 41.4. The molecule has 0 saturated carbocycles. The summed E-state index contributed by atoms with van der Waals surface area (Å²) in [5.74, 6) is -0.431. The number of nitrogens with two attached hydrogens (primary N) is 2. The van der Waals surface area contributed by atoms with Gasteiger partial charge in [-0.25, -0.2) is 17.9 Å². The molecule has 21 heavy (non-hydrogen) atoms. The van der Waals surface area contributed by atoms with Crippen molar-refractivity contribution in [3.63, 3.8) is 0 Å². The lowest BCUT2D eigenvalue weighted by atomic mass is 10.1. The zero-order valence-corrected chi connectivity index (χ0v) is 11.9. The van der Waals surface area contributed by atoms with Gasteiger partial charge in [-0.1, -0.05) is 12.1 Å². The van der Waals surface area contributed by atoms with Gasteiger partial charge < -0.3 is 10.5 Å². The Kier molecular flexibility index (Phi) is 4.56. The predicted octanol–water partition coefficient (Wildman–Crippen LogP) is 1.77. The molecule has 0 heterocycles. The van der Waals surface area contributed by atoms with Crippen LogP contribution in [0.25, 0.3) is 0 Å². The van der Waals surface area contributed by atoms with E-state index in [-0.39, 0.29) is 10.6 Å². The van der Waals surface area contributed by atoms with Crippen molar-refractivity contribution in [2.24, 2.45) is 10.9 Å². The van der Waals surface area contributed by atoms with Gasteiger partial charge in [0.05, 0.1) is 4.90 Å². The first kappa shape index (κ1) is 15.4. The number of sulfonamides is 1. The second-order valence-corrected chi connectivity index (χ2v) is 5.98. The molecule has 0 radical (unpaired) electrons. The molecular formula is C14H15FN2O3S. The Morgan fingerprint density at radius 3 is 2.29 bits per heavy atom. The maximum absolute atomic E-state index is 13.8. The highest BCUT2D eigenvalue weighted by Crippen LogP contribution is 2.26. The topological polar surface area (TPSA) is 95.4 Å². The van der Waals surface area contributed by atoms with Crippen LogP contribution in [0.15, 0.2) is 47.4 Å². The summed E-state index contributed by atoms with van der Waals surface area (Å²) in [4.78, 5) is -0.300. The van der Waals surface area contributed by atoms with Crippen LogP contribution in [-0.2, 0) is 16.4 Å². The first-order valence-corrected chi connectivity index (χ1v) is 7.74. The Bertz CT molecular complexity index is 730. The van der Waals surface area contributed by atoms with Crippen LogP contribution in [0.4, 0.5) is 4.39 Å². The lowest BCUT2D eigenvalue weighted by Crippen LogP contribution is -2.12. The molecule has 5 nitrogen and oxygen atoms in total. The number of rotatable bonds is 5. The first-order valence-electron chi connectivity index (χ1n) is 6.19. The molecule has 0 aliphatic carbocycles. The smallest absolute Gasteiger partial charge is 0.238 e. The van der Waals surface area contributed by atoms with Crippen LogP contribution in [0.3, 0.4) is 0 Å². The van der Waals surface area contributed by atoms with Crippen LogP contribution in [0.1, 0.15) is 5.56 Å². The van der Waals surface area contributed by atoms with Crippen LogP contribution in [0, 0.1) is 5.82 Å². The highest BCUT2D eigenvalue weighted by atomic mass is 32.2. The van der Waals surface area contributed by atoms with E-state index in [4.69, 9.17) is 15.6 Å². The number of benzene rings is 2. The lowest BCUT2D eigenvalue weighted by molar-refractivity contribution is 0.440. The minimum absolute atomic E-state index is 0.0750. The van der Waals surface area contributed by atoms with Gasteiger partial charge in [0, 0.05) is 0 Å². The number of halogens is 1. The standard InChI is InChI=1S/C14H15FN2O3S/c15-13-9-12(21(17,18)19)5-6-14(13)20-11-3-1-10(2-4-11)7-8-16/h1-6,9H,7-8,16H2,(H2,17,18,19). The van der Waals surface area contributed by atoms with Crippen LogP contribution >= 0.6 is 0 Å². The average Bonchev–Trinajstić information content (AvgIpc) is 2.42. The summed E-state index contributed by atoms with van der Waals surface area (Å²) in [5.41, 5.74) is 6.50. The van der Waals surface area contributed by atoms with E-state index in [0.717, 1.165) is 18.1 Å². The molecule has 0 saturated heterocycles. The highest BCUT2D eigenvalue weighted by Gasteiger charge is 2.12. The summed E-state index contributed by atoms with van der Waals surface area (Å²) in [6.07, 6.45) is 0.748. The van der Waals surface area contributed by atoms with Crippen molar-refractivity contribution in [1.82, 2.24) is 0 Å². The number of primary sulfonamides is 1. The lowest BCUT2D eigenvalue weighted by Gasteiger charge is -2.08. The fourth-order valence-electron chi connectivity index (χ4n) is 1.76. The molecule has 2 aromatic carbocycles. The number of hydrogen-bond donors (Lipinski definition) is 2. The first-order chi connectivity index (χ1) is 9.90. The van der Waals surface area contributed by atoms with E-state index in [0.29, 0.717) is 12.3 Å². The third kappa shape index (κ3) is 4.01. The van der Waals surface area contributed by atoms with E-state index in [2.05, 4.69) is 0 Å². The van der Waals surface area contributed by atoms with Gasteiger partial charge in [0.25, 0.3) is 0 Å². The molecule has 0 aromatic heterocycles. The Morgan fingerprint density at radius 1 is 1.10 bits per heavy atom. The van der Waals surface area contributed by atoms with Crippen molar-refractivity contribution in [2.75, 3.05) is 6.54 Å². The van der Waals surface area contributed by atoms with E-state index in [1.54, 1.807) is 12.1 Å². The van der Waals surface area contributed by atoms with Gasteiger partial charge in [-0.2, -0.15) is 0 Å². The summed E-state index contributed by atoms with van der Waals surface area (Å²) in [5, 5.41) is 4.93. The van der Waals surface area contributed by atoms with Crippen molar-refractivity contribution >= 4 is 10.0 Å². The van der Waals surface area contributed by atoms with E-state index < -0.39 is 15.8 Å². The van der Waals surface area contributed by atoms with E-state index in [9.17, 15) is 12.8 Å². The third-order valence-corrected chi connectivity index (χ3v) is 3.73. The molecule has 0 atom stereocenters. The predicted molar refractivity (Wildman–Crippen MR) is 77.0 cm³/mol. The normalized spacial score (nSPS) is 11.4. The molecular weight excluding hydrogens is 295 g/mol. The molecule has 2 rings (SSSR count). The van der Waals surface area contributed by atoms with Gasteiger partial charge >= 0.3 is 0 Å². The van der Waals surface area contributed by atoms with Gasteiger partial charge in [0.1, 0.15) is 5.75 Å². The van der Waals surface area contributed by atoms with Crippen LogP contribution in [0.2, 0.25) is 0 Å². The summed E-state index contributed by atoms with van der Waals surface area (Å²) in [7, 11) is -3.93. The molecule has 0 fully saturated rings. The molecule has 7 heteroatoms. The quantitative estimate of drug-likeness (QED) is 0.879. The summed E-state index contributed by atoms with van der Waals surface area (Å²) >= 11 is 0. The van der Waals surface area contributed by atoms with Crippen molar-refractivity contribution in [3.05, 3.63) is 53.8 Å². The molecule has 0 aliphatic rings. The Labute approximate surface area is 122 Å². The van der Waals surface area contributed by atoms with Gasteiger partial charge in [-0.3, -0.25) is 0 Å². The van der Waals surface area contributed by atoms with Gasteiger partial charge in [-0.15, -0.1) is 0 Å². The van der Waals surface area contributed by atoms with Crippen LogP contribution in [-0.4, -0.2) is 15.0 Å². The molecule has 0 aliphatic heterocycles. The average molecular weight is 310 g/mol. The van der Waals surface area contributed by atoms with Crippen molar-refractivity contribution in [2.45, 2.75) is 11.3 Å². The zero-order chi connectivity index (χ0) is 15.5. The fraction of sp³-hybridized carbons (Fsp3) is 0.143. The molecule has 4 N–H and O–H groups in total. The minimum atomic E-state index is -3.93. The molecule has 112 valence electrons. The molecule has 0 unspecified atom stereocenters. The second kappa shape index (κ2) is 6.21. The number of ether oxygens (including phenoxy) is 1. The maximum Gasteiger partial charge on any atom is 0.238 e. The fourth-order valence-corrected chi connectivity index (χ4v) is 2.28. The van der Waals surface area contributed by atoms with Gasteiger partial charge in [0.2, 0.25) is 10.0 Å². The Balaban J connectivity index is 2.20. The molecule has 2 aromatic rings. The van der Waals surface area contributed by atoms with E-state index >= 15 is 0 Å². The molecule has 0 bridgehead atoms. The van der Waals surface area contributed by atoms with Gasteiger partial charge in [-0.05, 0) is 48.9 Å². The molecule has 0 amide bonds. The Morgan fingerprint density at radius 2 is 1.76 bits per heavy atom. The largest absolute Gasteiger partial charge is 0.454 e. The van der Waals surface area contributed by atoms with Gasteiger partial charge in [0.15, 0.2) is 11.6 Å².